The van der Waals surface area contributed by atoms with E-state index in [9.17, 15) is 4.79 Å². The molecule has 0 aliphatic rings. The van der Waals surface area contributed by atoms with Gasteiger partial charge in [0.2, 0.25) is 5.16 Å². The number of hydrogen-bond acceptors (Lipinski definition) is 5. The van der Waals surface area contributed by atoms with Gasteiger partial charge in [-0.05, 0) is 24.3 Å². The Morgan fingerprint density at radius 3 is 2.75 bits per heavy atom. The third kappa shape index (κ3) is 2.04. The summed E-state index contributed by atoms with van der Waals surface area (Å²) in [5.74, 6) is 0.128. The zero-order valence-corrected chi connectivity index (χ0v) is 8.00. The van der Waals surface area contributed by atoms with E-state index in [1.54, 1.807) is 18.7 Å². The van der Waals surface area contributed by atoms with Gasteiger partial charge in [0.25, 0.3) is 0 Å². The van der Waals surface area contributed by atoms with Gasteiger partial charge in [-0.15, -0.1) is 5.10 Å². The third-order valence-corrected chi connectivity index (χ3v) is 2.68. The summed E-state index contributed by atoms with van der Waals surface area (Å²) in [5.41, 5.74) is 0. The van der Waals surface area contributed by atoms with Crippen LogP contribution >= 0.6 is 11.8 Å². The zero-order valence-electron chi connectivity index (χ0n) is 7.18. The van der Waals surface area contributed by atoms with Crippen molar-refractivity contribution in [1.82, 2.24) is 20.2 Å². The Morgan fingerprint density at radius 1 is 1.67 bits per heavy atom. The van der Waals surface area contributed by atoms with Crippen molar-refractivity contribution in [2.24, 2.45) is 7.05 Å². The number of thioether (sulfide) groups is 1. The fraction of sp³-hybridized carbons (Fsp3) is 0.667. The molecular weight excluding hydrogens is 176 g/mol. The maximum Gasteiger partial charge on any atom is 0.209 e. The van der Waals surface area contributed by atoms with Gasteiger partial charge in [0.15, 0.2) is 0 Å². The Hall–Kier alpha value is -0.910. The lowest BCUT2D eigenvalue weighted by Gasteiger charge is -2.03. The lowest BCUT2D eigenvalue weighted by atomic mass is 10.3. The van der Waals surface area contributed by atoms with E-state index in [0.717, 1.165) is 0 Å². The van der Waals surface area contributed by atoms with Crippen LogP contribution in [0, 0.1) is 0 Å². The second-order valence-electron chi connectivity index (χ2n) is 2.46. The Bertz CT molecular complexity index is 285. The minimum atomic E-state index is -0.0882. The Morgan fingerprint density at radius 2 is 2.33 bits per heavy atom. The number of carbonyl (C=O) groups excluding carboxylic acids is 1. The molecule has 0 bridgehead atoms. The average molecular weight is 186 g/mol. The van der Waals surface area contributed by atoms with Gasteiger partial charge in [0, 0.05) is 7.05 Å². The van der Waals surface area contributed by atoms with E-state index in [4.69, 9.17) is 0 Å². The molecule has 5 nitrogen and oxygen atoms in total. The topological polar surface area (TPSA) is 60.7 Å². The maximum absolute atomic E-state index is 10.9. The number of ketones is 1. The normalized spacial score (nSPS) is 12.9. The van der Waals surface area contributed by atoms with Crippen molar-refractivity contribution in [3.63, 3.8) is 0 Å². The highest BCUT2D eigenvalue weighted by atomic mass is 32.2. The summed E-state index contributed by atoms with van der Waals surface area (Å²) in [6.45, 7) is 3.39. The summed E-state index contributed by atoms with van der Waals surface area (Å²) in [5, 5.41) is 11.4. The SMILES string of the molecule is CC(=O)C(C)Sc1nnnn1C. The number of aromatic nitrogens is 4. The lowest BCUT2D eigenvalue weighted by molar-refractivity contribution is -0.116. The summed E-state index contributed by atoms with van der Waals surface area (Å²) in [7, 11) is 1.75. The molecule has 0 aliphatic carbocycles. The first-order valence-electron chi connectivity index (χ1n) is 3.50. The van der Waals surface area contributed by atoms with Crippen molar-refractivity contribution in [1.29, 1.82) is 0 Å². The number of carbonyl (C=O) groups is 1. The quantitative estimate of drug-likeness (QED) is 0.634. The number of Topliss-reactive ketones (excluding diaryl/α,β-unsaturated/α-hetero) is 1. The first-order valence-corrected chi connectivity index (χ1v) is 4.38. The van der Waals surface area contributed by atoms with Gasteiger partial charge >= 0.3 is 0 Å². The standard InChI is InChI=1S/C6H10N4OS/c1-4(11)5(2)12-6-7-8-9-10(6)3/h5H,1-3H3. The molecular formula is C6H10N4OS. The van der Waals surface area contributed by atoms with Crippen molar-refractivity contribution in [3.05, 3.63) is 0 Å². The molecule has 1 unspecified atom stereocenters. The largest absolute Gasteiger partial charge is 0.299 e. The van der Waals surface area contributed by atoms with Crippen molar-refractivity contribution >= 4 is 17.5 Å². The van der Waals surface area contributed by atoms with Crippen LogP contribution in [0.25, 0.3) is 0 Å². The molecule has 12 heavy (non-hydrogen) atoms. The van der Waals surface area contributed by atoms with Crippen LogP contribution in [-0.2, 0) is 11.8 Å². The van der Waals surface area contributed by atoms with E-state index in [1.165, 1.54) is 11.8 Å². The number of aryl methyl sites for hydroxylation is 1. The highest BCUT2D eigenvalue weighted by molar-refractivity contribution is 8.00. The molecule has 0 saturated heterocycles. The number of tetrazole rings is 1. The molecule has 0 amide bonds. The van der Waals surface area contributed by atoms with Crippen LogP contribution in [0.5, 0.6) is 0 Å². The van der Waals surface area contributed by atoms with Gasteiger partial charge in [0.05, 0.1) is 5.25 Å². The van der Waals surface area contributed by atoms with Crippen molar-refractivity contribution < 1.29 is 4.79 Å². The predicted molar refractivity (Wildman–Crippen MR) is 44.8 cm³/mol. The highest BCUT2D eigenvalue weighted by Crippen LogP contribution is 2.19. The first-order chi connectivity index (χ1) is 5.61. The lowest BCUT2D eigenvalue weighted by Crippen LogP contribution is -2.09. The van der Waals surface area contributed by atoms with E-state index in [0.29, 0.717) is 5.16 Å². The smallest absolute Gasteiger partial charge is 0.209 e. The van der Waals surface area contributed by atoms with Crippen LogP contribution in [0.1, 0.15) is 13.8 Å². The Kier molecular flexibility index (Phi) is 2.80. The first kappa shape index (κ1) is 9.18. The molecule has 66 valence electrons. The van der Waals surface area contributed by atoms with Gasteiger partial charge in [-0.25, -0.2) is 4.68 Å². The van der Waals surface area contributed by atoms with Crippen molar-refractivity contribution in [3.8, 4) is 0 Å². The van der Waals surface area contributed by atoms with Gasteiger partial charge < -0.3 is 0 Å². The van der Waals surface area contributed by atoms with Crippen LogP contribution in [0.4, 0.5) is 0 Å². The van der Waals surface area contributed by atoms with Gasteiger partial charge in [-0.1, -0.05) is 11.8 Å². The molecule has 0 aliphatic heterocycles. The van der Waals surface area contributed by atoms with E-state index >= 15 is 0 Å². The molecule has 1 aromatic heterocycles. The van der Waals surface area contributed by atoms with E-state index in [-0.39, 0.29) is 11.0 Å². The van der Waals surface area contributed by atoms with E-state index < -0.39 is 0 Å². The van der Waals surface area contributed by atoms with Crippen LogP contribution < -0.4 is 0 Å². The molecule has 0 spiro atoms. The van der Waals surface area contributed by atoms with E-state index in [1.807, 2.05) is 6.92 Å². The van der Waals surface area contributed by atoms with Crippen LogP contribution in [-0.4, -0.2) is 31.2 Å². The van der Waals surface area contributed by atoms with Crippen LogP contribution in [0.3, 0.4) is 0 Å². The monoisotopic (exact) mass is 186 g/mol. The minimum Gasteiger partial charge on any atom is -0.299 e. The fourth-order valence-electron chi connectivity index (χ4n) is 0.562. The minimum absolute atomic E-state index is 0.0882. The second kappa shape index (κ2) is 3.66. The Labute approximate surface area is 74.5 Å². The zero-order chi connectivity index (χ0) is 9.14. The number of nitrogens with zero attached hydrogens (tertiary/aromatic N) is 4. The molecule has 0 saturated carbocycles. The average Bonchev–Trinajstić information content (AvgIpc) is 2.36. The third-order valence-electron chi connectivity index (χ3n) is 1.44. The predicted octanol–water partition coefficient (Wildman–Crippen LogP) is 0.280. The molecule has 6 heteroatoms. The van der Waals surface area contributed by atoms with Crippen LogP contribution in [0.15, 0.2) is 5.16 Å². The molecule has 0 aromatic carbocycles. The van der Waals surface area contributed by atoms with Gasteiger partial charge in [-0.2, -0.15) is 0 Å². The van der Waals surface area contributed by atoms with Crippen molar-refractivity contribution in [2.75, 3.05) is 0 Å². The molecule has 0 fully saturated rings. The maximum atomic E-state index is 10.9. The summed E-state index contributed by atoms with van der Waals surface area (Å²) in [6.07, 6.45) is 0. The molecule has 1 aromatic rings. The Balaban J connectivity index is 2.64. The summed E-state index contributed by atoms with van der Waals surface area (Å²) < 4.78 is 1.55. The fourth-order valence-corrected chi connectivity index (χ4v) is 1.32. The van der Waals surface area contributed by atoms with Gasteiger partial charge in [-0.3, -0.25) is 4.79 Å². The van der Waals surface area contributed by atoms with E-state index in [2.05, 4.69) is 15.5 Å². The number of hydrogen-bond donors (Lipinski definition) is 0. The van der Waals surface area contributed by atoms with Crippen molar-refractivity contribution in [2.45, 2.75) is 24.3 Å². The summed E-state index contributed by atoms with van der Waals surface area (Å²) >= 11 is 1.36. The highest BCUT2D eigenvalue weighted by Gasteiger charge is 2.12. The molecule has 0 N–H and O–H groups in total. The molecule has 1 rings (SSSR count). The second-order valence-corrected chi connectivity index (χ2v) is 3.76. The van der Waals surface area contributed by atoms with Crippen LogP contribution in [0.2, 0.25) is 0 Å². The summed E-state index contributed by atoms with van der Waals surface area (Å²) in [6, 6.07) is 0. The van der Waals surface area contributed by atoms with Gasteiger partial charge in [0.1, 0.15) is 5.78 Å². The molecule has 0 radical (unpaired) electrons. The number of rotatable bonds is 3. The molecule has 1 atom stereocenters. The molecule has 1 heterocycles. The summed E-state index contributed by atoms with van der Waals surface area (Å²) in [4.78, 5) is 10.9.